The summed E-state index contributed by atoms with van der Waals surface area (Å²) in [6, 6.07) is 8.37. The lowest BCUT2D eigenvalue weighted by molar-refractivity contribution is 0.998. The molecule has 1 heterocycles. The van der Waals surface area contributed by atoms with E-state index in [1.807, 2.05) is 12.3 Å². The average molecular weight is 172 g/mol. The van der Waals surface area contributed by atoms with Gasteiger partial charge in [0.15, 0.2) is 0 Å². The highest BCUT2D eigenvalue weighted by atomic mass is 14.7. The maximum atomic E-state index is 5.51. The van der Waals surface area contributed by atoms with E-state index >= 15 is 0 Å². The second-order valence-corrected chi connectivity index (χ2v) is 3.23. The molecule has 0 bridgehead atoms. The van der Waals surface area contributed by atoms with E-state index in [9.17, 15) is 0 Å². The third kappa shape index (κ3) is 1.53. The van der Waals surface area contributed by atoms with Crippen LogP contribution >= 0.6 is 0 Å². The molecule has 0 aliphatic rings. The fraction of sp³-hybridized carbons (Fsp3) is 0.182. The molecule has 0 aliphatic carbocycles. The Labute approximate surface area is 77.4 Å². The largest absolute Gasteiger partial charge is 0.325 e. The van der Waals surface area contributed by atoms with E-state index < -0.39 is 0 Å². The van der Waals surface area contributed by atoms with Crippen LogP contribution in [-0.4, -0.2) is 4.98 Å². The summed E-state index contributed by atoms with van der Waals surface area (Å²) in [5, 5.41) is 2.39. The van der Waals surface area contributed by atoms with Gasteiger partial charge in [0.05, 0.1) is 5.69 Å². The molecule has 0 amide bonds. The van der Waals surface area contributed by atoms with Gasteiger partial charge in [0, 0.05) is 18.1 Å². The van der Waals surface area contributed by atoms with Gasteiger partial charge >= 0.3 is 0 Å². The normalized spacial score (nSPS) is 10.6. The van der Waals surface area contributed by atoms with Crippen molar-refractivity contribution in [2.45, 2.75) is 13.5 Å². The number of fused-ring (bicyclic) bond motifs is 1. The minimum atomic E-state index is 0.504. The molecule has 0 spiro atoms. The third-order valence-corrected chi connectivity index (χ3v) is 2.14. The third-order valence-electron chi connectivity index (χ3n) is 2.14. The fourth-order valence-corrected chi connectivity index (χ4v) is 1.42. The monoisotopic (exact) mass is 172 g/mol. The van der Waals surface area contributed by atoms with E-state index in [0.717, 1.165) is 5.69 Å². The Bertz CT molecular complexity index is 435. The van der Waals surface area contributed by atoms with Crippen molar-refractivity contribution in [3.8, 4) is 0 Å². The quantitative estimate of drug-likeness (QED) is 0.714. The van der Waals surface area contributed by atoms with E-state index in [0.29, 0.717) is 6.54 Å². The molecule has 2 rings (SSSR count). The lowest BCUT2D eigenvalue weighted by atomic mass is 10.1. The van der Waals surface area contributed by atoms with Gasteiger partial charge in [-0.15, -0.1) is 0 Å². The summed E-state index contributed by atoms with van der Waals surface area (Å²) < 4.78 is 0. The number of benzene rings is 1. The van der Waals surface area contributed by atoms with Crippen molar-refractivity contribution >= 4 is 10.8 Å². The van der Waals surface area contributed by atoms with Crippen LogP contribution in [0, 0.1) is 6.92 Å². The summed E-state index contributed by atoms with van der Waals surface area (Å²) in [7, 11) is 0. The lowest BCUT2D eigenvalue weighted by Gasteiger charge is -2.01. The Hall–Kier alpha value is -1.41. The predicted molar refractivity (Wildman–Crippen MR) is 54.4 cm³/mol. The van der Waals surface area contributed by atoms with Crippen LogP contribution in [0.3, 0.4) is 0 Å². The smallest absolute Gasteiger partial charge is 0.0545 e. The van der Waals surface area contributed by atoms with Crippen LogP contribution < -0.4 is 5.73 Å². The van der Waals surface area contributed by atoms with Crippen molar-refractivity contribution in [1.29, 1.82) is 0 Å². The molecule has 1 aromatic carbocycles. The van der Waals surface area contributed by atoms with E-state index in [4.69, 9.17) is 5.73 Å². The molecule has 2 aromatic rings. The molecule has 0 saturated heterocycles. The van der Waals surface area contributed by atoms with Crippen LogP contribution in [0.25, 0.3) is 10.8 Å². The molecule has 0 unspecified atom stereocenters. The van der Waals surface area contributed by atoms with Crippen LogP contribution in [0.4, 0.5) is 0 Å². The highest BCUT2D eigenvalue weighted by Gasteiger charge is 1.96. The number of aryl methyl sites for hydroxylation is 1. The van der Waals surface area contributed by atoms with Gasteiger partial charge in [0.2, 0.25) is 0 Å². The van der Waals surface area contributed by atoms with Gasteiger partial charge in [0.25, 0.3) is 0 Å². The first kappa shape index (κ1) is 8.20. The van der Waals surface area contributed by atoms with E-state index in [2.05, 4.69) is 30.1 Å². The van der Waals surface area contributed by atoms with Crippen LogP contribution in [0.2, 0.25) is 0 Å². The number of hydrogen-bond donors (Lipinski definition) is 1. The van der Waals surface area contributed by atoms with Crippen LogP contribution in [0.5, 0.6) is 0 Å². The van der Waals surface area contributed by atoms with Crippen LogP contribution in [-0.2, 0) is 6.54 Å². The Balaban J connectivity index is 2.66. The molecule has 2 heteroatoms. The number of nitrogens with two attached hydrogens (primary N) is 1. The second-order valence-electron chi connectivity index (χ2n) is 3.23. The molecule has 0 fully saturated rings. The van der Waals surface area contributed by atoms with Gasteiger partial charge in [0.1, 0.15) is 0 Å². The summed E-state index contributed by atoms with van der Waals surface area (Å²) in [6.07, 6.45) is 1.88. The zero-order valence-electron chi connectivity index (χ0n) is 7.62. The number of aromatic nitrogens is 1. The molecular formula is C11H12N2. The number of hydrogen-bond acceptors (Lipinski definition) is 2. The van der Waals surface area contributed by atoms with Crippen molar-refractivity contribution in [2.75, 3.05) is 0 Å². The SMILES string of the molecule is Cc1ccc2cc(CN)ncc2c1. The molecule has 66 valence electrons. The Kier molecular flexibility index (Phi) is 1.99. The van der Waals surface area contributed by atoms with E-state index in [1.165, 1.54) is 16.3 Å². The van der Waals surface area contributed by atoms with Gasteiger partial charge < -0.3 is 5.73 Å². The van der Waals surface area contributed by atoms with E-state index in [-0.39, 0.29) is 0 Å². The standard InChI is InChI=1S/C11H12N2/c1-8-2-3-9-5-11(6-12)13-7-10(9)4-8/h2-5,7H,6,12H2,1H3. The number of rotatable bonds is 1. The number of nitrogens with zero attached hydrogens (tertiary/aromatic N) is 1. The zero-order chi connectivity index (χ0) is 9.26. The molecule has 0 radical (unpaired) electrons. The minimum Gasteiger partial charge on any atom is -0.325 e. The van der Waals surface area contributed by atoms with Gasteiger partial charge in [-0.2, -0.15) is 0 Å². The summed E-state index contributed by atoms with van der Waals surface area (Å²) >= 11 is 0. The molecular weight excluding hydrogens is 160 g/mol. The molecule has 0 aliphatic heterocycles. The molecule has 2 N–H and O–H groups in total. The molecule has 0 saturated carbocycles. The molecule has 0 atom stereocenters. The van der Waals surface area contributed by atoms with Crippen LogP contribution in [0.15, 0.2) is 30.5 Å². The molecule has 2 nitrogen and oxygen atoms in total. The first-order chi connectivity index (χ1) is 6.29. The van der Waals surface area contributed by atoms with Crippen molar-refractivity contribution in [1.82, 2.24) is 4.98 Å². The maximum Gasteiger partial charge on any atom is 0.0545 e. The molecule has 13 heavy (non-hydrogen) atoms. The first-order valence-electron chi connectivity index (χ1n) is 4.35. The van der Waals surface area contributed by atoms with Gasteiger partial charge in [-0.05, 0) is 24.4 Å². The highest BCUT2D eigenvalue weighted by Crippen LogP contribution is 2.15. The fourth-order valence-electron chi connectivity index (χ4n) is 1.42. The maximum absolute atomic E-state index is 5.51. The van der Waals surface area contributed by atoms with Gasteiger partial charge in [-0.1, -0.05) is 17.7 Å². The Morgan fingerprint density at radius 3 is 2.85 bits per heavy atom. The summed E-state index contributed by atoms with van der Waals surface area (Å²) in [6.45, 7) is 2.58. The van der Waals surface area contributed by atoms with Crippen molar-refractivity contribution in [2.24, 2.45) is 5.73 Å². The second kappa shape index (κ2) is 3.15. The van der Waals surface area contributed by atoms with Crippen LogP contribution in [0.1, 0.15) is 11.3 Å². The van der Waals surface area contributed by atoms with Crippen molar-refractivity contribution < 1.29 is 0 Å². The number of pyridine rings is 1. The summed E-state index contributed by atoms with van der Waals surface area (Å²) in [5.74, 6) is 0. The van der Waals surface area contributed by atoms with Crippen molar-refractivity contribution in [3.05, 3.63) is 41.7 Å². The van der Waals surface area contributed by atoms with Gasteiger partial charge in [-0.3, -0.25) is 4.98 Å². The average Bonchev–Trinajstić information content (AvgIpc) is 2.17. The topological polar surface area (TPSA) is 38.9 Å². The summed E-state index contributed by atoms with van der Waals surface area (Å²) in [5.41, 5.74) is 7.71. The van der Waals surface area contributed by atoms with E-state index in [1.54, 1.807) is 0 Å². The Morgan fingerprint density at radius 1 is 1.23 bits per heavy atom. The first-order valence-corrected chi connectivity index (χ1v) is 4.35. The predicted octanol–water partition coefficient (Wildman–Crippen LogP) is 2.00. The minimum absolute atomic E-state index is 0.504. The Morgan fingerprint density at radius 2 is 2.08 bits per heavy atom. The van der Waals surface area contributed by atoms with Crippen molar-refractivity contribution in [3.63, 3.8) is 0 Å². The zero-order valence-corrected chi connectivity index (χ0v) is 7.62. The lowest BCUT2D eigenvalue weighted by Crippen LogP contribution is -1.98. The molecule has 1 aromatic heterocycles. The van der Waals surface area contributed by atoms with Gasteiger partial charge in [-0.25, -0.2) is 0 Å². The summed E-state index contributed by atoms with van der Waals surface area (Å²) in [4.78, 5) is 4.24. The highest BCUT2D eigenvalue weighted by molar-refractivity contribution is 5.82.